The van der Waals surface area contributed by atoms with Gasteiger partial charge in [-0.05, 0) is 60.5 Å². The maximum atomic E-state index is 10.8. The first-order valence-electron chi connectivity index (χ1n) is 6.73. The minimum atomic E-state index is -0.692. The fourth-order valence-corrected chi connectivity index (χ4v) is 2.77. The van der Waals surface area contributed by atoms with E-state index in [9.17, 15) is 5.11 Å². The van der Waals surface area contributed by atoms with Crippen molar-refractivity contribution in [2.45, 2.75) is 18.4 Å². The highest BCUT2D eigenvalue weighted by molar-refractivity contribution is 5.84. The molecule has 2 N–H and O–H groups in total. The second-order valence-electron chi connectivity index (χ2n) is 5.21. The molecule has 2 aromatic carbocycles. The van der Waals surface area contributed by atoms with E-state index in [1.165, 1.54) is 5.39 Å². The third-order valence-corrected chi connectivity index (χ3v) is 4.02. The molecule has 3 heteroatoms. The lowest BCUT2D eigenvalue weighted by Gasteiger charge is -2.33. The van der Waals surface area contributed by atoms with Gasteiger partial charge in [-0.15, -0.1) is 0 Å². The van der Waals surface area contributed by atoms with E-state index in [-0.39, 0.29) is 0 Å². The molecule has 0 unspecified atom stereocenters. The van der Waals surface area contributed by atoms with Gasteiger partial charge in [-0.2, -0.15) is 0 Å². The summed E-state index contributed by atoms with van der Waals surface area (Å²) in [6.07, 6.45) is 1.53. The molecule has 0 aromatic heterocycles. The van der Waals surface area contributed by atoms with Crippen LogP contribution in [0.3, 0.4) is 0 Å². The Morgan fingerprint density at radius 3 is 2.53 bits per heavy atom. The highest BCUT2D eigenvalue weighted by Gasteiger charge is 2.31. The molecule has 3 rings (SSSR count). The Morgan fingerprint density at radius 2 is 1.79 bits per heavy atom. The van der Waals surface area contributed by atoms with E-state index < -0.39 is 5.60 Å². The van der Waals surface area contributed by atoms with Gasteiger partial charge in [-0.25, -0.2) is 0 Å². The lowest BCUT2D eigenvalue weighted by Crippen LogP contribution is -2.39. The Bertz CT molecular complexity index is 588. The highest BCUT2D eigenvalue weighted by atomic mass is 16.5. The second kappa shape index (κ2) is 4.83. The van der Waals surface area contributed by atoms with Crippen LogP contribution in [-0.2, 0) is 5.60 Å². The van der Waals surface area contributed by atoms with E-state index >= 15 is 0 Å². The zero-order chi connectivity index (χ0) is 13.3. The van der Waals surface area contributed by atoms with Crippen LogP contribution in [0, 0.1) is 0 Å². The summed E-state index contributed by atoms with van der Waals surface area (Å²) in [5.41, 5.74) is 0.317. The van der Waals surface area contributed by atoms with Gasteiger partial charge < -0.3 is 15.2 Å². The van der Waals surface area contributed by atoms with Gasteiger partial charge in [-0.3, -0.25) is 0 Å². The second-order valence-corrected chi connectivity index (χ2v) is 5.21. The van der Waals surface area contributed by atoms with Gasteiger partial charge in [0.2, 0.25) is 0 Å². The van der Waals surface area contributed by atoms with Crippen molar-refractivity contribution in [2.75, 3.05) is 20.2 Å². The summed E-state index contributed by atoms with van der Waals surface area (Å²) < 4.78 is 5.26. The lowest BCUT2D eigenvalue weighted by atomic mass is 9.84. The Kier molecular flexibility index (Phi) is 3.17. The fourth-order valence-electron chi connectivity index (χ4n) is 2.77. The maximum absolute atomic E-state index is 10.8. The number of fused-ring (bicyclic) bond motifs is 1. The number of nitrogens with one attached hydrogen (secondary N) is 1. The number of methoxy groups -OCH3 is 1. The average molecular weight is 257 g/mol. The first kappa shape index (κ1) is 12.5. The zero-order valence-corrected chi connectivity index (χ0v) is 11.1. The molecule has 1 saturated heterocycles. The monoisotopic (exact) mass is 257 g/mol. The van der Waals surface area contributed by atoms with Gasteiger partial charge in [0.15, 0.2) is 0 Å². The zero-order valence-electron chi connectivity index (χ0n) is 11.1. The van der Waals surface area contributed by atoms with Crippen LogP contribution in [0.2, 0.25) is 0 Å². The largest absolute Gasteiger partial charge is 0.497 e. The number of aliphatic hydroxyl groups is 1. The van der Waals surface area contributed by atoms with Gasteiger partial charge >= 0.3 is 0 Å². The molecule has 0 bridgehead atoms. The molecule has 3 nitrogen and oxygen atoms in total. The number of benzene rings is 2. The van der Waals surface area contributed by atoms with E-state index in [0.29, 0.717) is 0 Å². The standard InChI is InChI=1S/C16H19NO2/c1-19-15-5-3-12-2-4-14(10-13(12)11-15)16(18)6-8-17-9-7-16/h2-5,10-11,17-18H,6-9H2,1H3. The van der Waals surface area contributed by atoms with Gasteiger partial charge in [0.25, 0.3) is 0 Å². The summed E-state index contributed by atoms with van der Waals surface area (Å²) in [6.45, 7) is 1.74. The number of rotatable bonds is 2. The minimum Gasteiger partial charge on any atom is -0.497 e. The summed E-state index contributed by atoms with van der Waals surface area (Å²) >= 11 is 0. The fraction of sp³-hybridized carbons (Fsp3) is 0.375. The first-order chi connectivity index (χ1) is 9.21. The summed E-state index contributed by atoms with van der Waals surface area (Å²) in [5.74, 6) is 0.849. The van der Waals surface area contributed by atoms with Gasteiger partial charge in [0, 0.05) is 0 Å². The van der Waals surface area contributed by atoms with Crippen molar-refractivity contribution in [1.82, 2.24) is 5.32 Å². The molecule has 1 aliphatic heterocycles. The summed E-state index contributed by atoms with van der Waals surface area (Å²) in [7, 11) is 1.67. The third kappa shape index (κ3) is 2.31. The molecule has 0 spiro atoms. The molecule has 0 amide bonds. The van der Waals surface area contributed by atoms with Crippen molar-refractivity contribution in [3.63, 3.8) is 0 Å². The normalized spacial score (nSPS) is 18.4. The molecule has 0 saturated carbocycles. The van der Waals surface area contributed by atoms with Crippen LogP contribution in [-0.4, -0.2) is 25.3 Å². The molecule has 1 heterocycles. The topological polar surface area (TPSA) is 41.5 Å². The van der Waals surface area contributed by atoms with Crippen molar-refractivity contribution < 1.29 is 9.84 Å². The van der Waals surface area contributed by atoms with Crippen molar-refractivity contribution in [3.05, 3.63) is 42.0 Å². The average Bonchev–Trinajstić information content (AvgIpc) is 2.47. The predicted molar refractivity (Wildman–Crippen MR) is 76.5 cm³/mol. The quantitative estimate of drug-likeness (QED) is 0.868. The van der Waals surface area contributed by atoms with Crippen molar-refractivity contribution in [3.8, 4) is 5.75 Å². The van der Waals surface area contributed by atoms with Gasteiger partial charge in [0.05, 0.1) is 12.7 Å². The highest BCUT2D eigenvalue weighted by Crippen LogP contribution is 2.33. The van der Waals surface area contributed by atoms with Gasteiger partial charge in [-0.1, -0.05) is 18.2 Å². The van der Waals surface area contributed by atoms with Crippen LogP contribution >= 0.6 is 0 Å². The molecule has 100 valence electrons. The molecule has 0 radical (unpaired) electrons. The Hall–Kier alpha value is -1.58. The van der Waals surface area contributed by atoms with Crippen molar-refractivity contribution >= 4 is 10.8 Å². The smallest absolute Gasteiger partial charge is 0.119 e. The number of ether oxygens (including phenoxy) is 1. The SMILES string of the molecule is COc1ccc2ccc(C3(O)CCNCC3)cc2c1. The molecule has 1 aliphatic rings. The number of hydrogen-bond acceptors (Lipinski definition) is 3. The van der Waals surface area contributed by atoms with Crippen molar-refractivity contribution in [1.29, 1.82) is 0 Å². The van der Waals surface area contributed by atoms with E-state index in [1.54, 1.807) is 7.11 Å². The number of piperidine rings is 1. The Labute approximate surface area is 113 Å². The predicted octanol–water partition coefficient (Wildman–Crippen LogP) is 2.42. The molecule has 0 aliphatic carbocycles. The molecule has 1 fully saturated rings. The van der Waals surface area contributed by atoms with E-state index in [4.69, 9.17) is 4.74 Å². The number of hydrogen-bond donors (Lipinski definition) is 2. The summed E-state index contributed by atoms with van der Waals surface area (Å²) in [5, 5.41) is 16.3. The van der Waals surface area contributed by atoms with Crippen LogP contribution in [0.1, 0.15) is 18.4 Å². The molecular weight excluding hydrogens is 238 g/mol. The van der Waals surface area contributed by atoms with Crippen LogP contribution in [0.5, 0.6) is 5.75 Å². The summed E-state index contributed by atoms with van der Waals surface area (Å²) in [4.78, 5) is 0. The van der Waals surface area contributed by atoms with Crippen LogP contribution in [0.4, 0.5) is 0 Å². The summed E-state index contributed by atoms with van der Waals surface area (Å²) in [6, 6.07) is 12.2. The van der Waals surface area contributed by atoms with E-state index in [1.807, 2.05) is 24.3 Å². The minimum absolute atomic E-state index is 0.692. The van der Waals surface area contributed by atoms with Crippen LogP contribution in [0.15, 0.2) is 36.4 Å². The van der Waals surface area contributed by atoms with Crippen molar-refractivity contribution in [2.24, 2.45) is 0 Å². The maximum Gasteiger partial charge on any atom is 0.119 e. The third-order valence-electron chi connectivity index (χ3n) is 4.02. The lowest BCUT2D eigenvalue weighted by molar-refractivity contribution is 0.00606. The first-order valence-corrected chi connectivity index (χ1v) is 6.73. The molecule has 19 heavy (non-hydrogen) atoms. The van der Waals surface area contributed by atoms with Crippen LogP contribution < -0.4 is 10.1 Å². The molecular formula is C16H19NO2. The van der Waals surface area contributed by atoms with E-state index in [0.717, 1.165) is 42.6 Å². The Morgan fingerprint density at radius 1 is 1.05 bits per heavy atom. The molecule has 2 aromatic rings. The molecule has 0 atom stereocenters. The van der Waals surface area contributed by atoms with E-state index in [2.05, 4.69) is 17.4 Å². The Balaban J connectivity index is 2.04. The van der Waals surface area contributed by atoms with Gasteiger partial charge in [0.1, 0.15) is 5.75 Å². The van der Waals surface area contributed by atoms with Crippen LogP contribution in [0.25, 0.3) is 10.8 Å².